The molecule has 0 fully saturated rings. The molecule has 0 saturated heterocycles. The van der Waals surface area contributed by atoms with Crippen molar-refractivity contribution in [1.29, 1.82) is 5.26 Å². The fraction of sp³-hybridized carbons (Fsp3) is 0.400. The normalized spacial score (nSPS) is 10.3. The second kappa shape index (κ2) is 8.29. The molecular formula is C15H18N6OS. The lowest BCUT2D eigenvalue weighted by Crippen LogP contribution is -2.29. The van der Waals surface area contributed by atoms with E-state index in [1.54, 1.807) is 24.3 Å². The third kappa shape index (κ3) is 4.29. The van der Waals surface area contributed by atoms with Gasteiger partial charge in [-0.15, -0.1) is 10.2 Å². The summed E-state index contributed by atoms with van der Waals surface area (Å²) in [5, 5.41) is 17.7. The summed E-state index contributed by atoms with van der Waals surface area (Å²) in [6.07, 6.45) is 3.76. The van der Waals surface area contributed by atoms with E-state index in [2.05, 4.69) is 15.2 Å². The Labute approximate surface area is 139 Å². The number of carbonyl (C=O) groups is 1. The first-order valence-corrected chi connectivity index (χ1v) is 8.23. The van der Waals surface area contributed by atoms with Gasteiger partial charge >= 0.3 is 0 Å². The van der Waals surface area contributed by atoms with Gasteiger partial charge in [-0.2, -0.15) is 5.26 Å². The van der Waals surface area contributed by atoms with E-state index in [0.29, 0.717) is 24.7 Å². The monoisotopic (exact) mass is 330 g/mol. The van der Waals surface area contributed by atoms with Crippen molar-refractivity contribution in [2.45, 2.75) is 25.0 Å². The van der Waals surface area contributed by atoms with Crippen molar-refractivity contribution in [2.24, 2.45) is 0 Å². The Kier molecular flexibility index (Phi) is 6.11. The van der Waals surface area contributed by atoms with Crippen LogP contribution in [0, 0.1) is 11.3 Å². The number of pyridine rings is 1. The van der Waals surface area contributed by atoms with Crippen LogP contribution in [0.15, 0.2) is 29.7 Å². The molecule has 0 aliphatic rings. The molecule has 2 aromatic heterocycles. The minimum atomic E-state index is -0.0265. The highest BCUT2D eigenvalue weighted by molar-refractivity contribution is 7.99. The van der Waals surface area contributed by atoms with Crippen LogP contribution in [0.1, 0.15) is 13.3 Å². The summed E-state index contributed by atoms with van der Waals surface area (Å²) in [6.45, 7) is 3.17. The largest absolute Gasteiger partial charge is 0.344 e. The quantitative estimate of drug-likeness (QED) is 0.720. The fourth-order valence-corrected chi connectivity index (χ4v) is 2.92. The number of thioether (sulfide) groups is 1. The van der Waals surface area contributed by atoms with Gasteiger partial charge in [-0.25, -0.2) is 0 Å². The molecule has 0 aliphatic heterocycles. The van der Waals surface area contributed by atoms with Crippen LogP contribution in [0.3, 0.4) is 0 Å². The molecule has 23 heavy (non-hydrogen) atoms. The van der Waals surface area contributed by atoms with Gasteiger partial charge in [-0.05, 0) is 19.1 Å². The van der Waals surface area contributed by atoms with Crippen molar-refractivity contribution < 1.29 is 4.79 Å². The van der Waals surface area contributed by atoms with Crippen LogP contribution >= 0.6 is 11.8 Å². The van der Waals surface area contributed by atoms with E-state index in [4.69, 9.17) is 5.26 Å². The Balaban J connectivity index is 2.06. The van der Waals surface area contributed by atoms with E-state index < -0.39 is 0 Å². The second-order valence-electron chi connectivity index (χ2n) is 4.80. The molecular weight excluding hydrogens is 312 g/mol. The van der Waals surface area contributed by atoms with Gasteiger partial charge in [-0.1, -0.05) is 11.8 Å². The van der Waals surface area contributed by atoms with Gasteiger partial charge in [0.15, 0.2) is 11.0 Å². The van der Waals surface area contributed by atoms with Gasteiger partial charge in [0.05, 0.1) is 18.2 Å². The molecule has 7 nitrogen and oxygen atoms in total. The van der Waals surface area contributed by atoms with Crippen LogP contribution in [-0.2, 0) is 11.3 Å². The molecule has 2 aromatic rings. The number of rotatable bonds is 7. The molecule has 0 radical (unpaired) electrons. The second-order valence-corrected chi connectivity index (χ2v) is 5.74. The van der Waals surface area contributed by atoms with Crippen molar-refractivity contribution in [3.05, 3.63) is 24.5 Å². The number of hydrogen-bond acceptors (Lipinski definition) is 6. The first-order valence-electron chi connectivity index (χ1n) is 7.24. The number of aromatic nitrogens is 4. The van der Waals surface area contributed by atoms with E-state index in [1.807, 2.05) is 29.7 Å². The molecule has 1 amide bonds. The summed E-state index contributed by atoms with van der Waals surface area (Å²) in [5.74, 6) is 1.01. The van der Waals surface area contributed by atoms with Crippen molar-refractivity contribution in [2.75, 3.05) is 19.3 Å². The average Bonchev–Trinajstić information content (AvgIpc) is 3.01. The average molecular weight is 330 g/mol. The zero-order chi connectivity index (χ0) is 16.7. The highest BCUT2D eigenvalue weighted by Crippen LogP contribution is 2.23. The lowest BCUT2D eigenvalue weighted by atomic mass is 10.2. The Hall–Kier alpha value is -2.40. The summed E-state index contributed by atoms with van der Waals surface area (Å²) in [7, 11) is 1.70. The van der Waals surface area contributed by atoms with Crippen molar-refractivity contribution in [3.8, 4) is 17.5 Å². The predicted octanol–water partition coefficient (Wildman–Crippen LogP) is 1.82. The van der Waals surface area contributed by atoms with Gasteiger partial charge in [-0.3, -0.25) is 9.78 Å². The molecule has 2 heterocycles. The Morgan fingerprint density at radius 2 is 2.13 bits per heavy atom. The minimum absolute atomic E-state index is 0.0265. The number of nitrogens with zero attached hydrogens (tertiary/aromatic N) is 6. The van der Waals surface area contributed by atoms with Gasteiger partial charge < -0.3 is 9.47 Å². The summed E-state index contributed by atoms with van der Waals surface area (Å²) in [4.78, 5) is 17.6. The van der Waals surface area contributed by atoms with Crippen LogP contribution < -0.4 is 0 Å². The van der Waals surface area contributed by atoms with Gasteiger partial charge in [0.25, 0.3) is 0 Å². The maximum atomic E-state index is 12.0. The molecule has 0 bridgehead atoms. The van der Waals surface area contributed by atoms with Crippen LogP contribution in [0.5, 0.6) is 0 Å². The zero-order valence-electron chi connectivity index (χ0n) is 13.1. The first-order chi connectivity index (χ1) is 11.2. The lowest BCUT2D eigenvalue weighted by molar-refractivity contribution is -0.127. The Bertz CT molecular complexity index is 694. The number of carbonyl (C=O) groups excluding carboxylic acids is 1. The molecule has 120 valence electrons. The van der Waals surface area contributed by atoms with Gasteiger partial charge in [0, 0.05) is 38.1 Å². The lowest BCUT2D eigenvalue weighted by Gasteiger charge is -2.15. The maximum absolute atomic E-state index is 12.0. The highest BCUT2D eigenvalue weighted by atomic mass is 32.2. The van der Waals surface area contributed by atoms with Crippen LogP contribution in [0.25, 0.3) is 11.4 Å². The van der Waals surface area contributed by atoms with Crippen LogP contribution in [0.2, 0.25) is 0 Å². The minimum Gasteiger partial charge on any atom is -0.344 e. The van der Waals surface area contributed by atoms with E-state index in [1.165, 1.54) is 11.8 Å². The molecule has 0 spiro atoms. The highest BCUT2D eigenvalue weighted by Gasteiger charge is 2.15. The van der Waals surface area contributed by atoms with Crippen LogP contribution in [-0.4, -0.2) is 49.9 Å². The smallest absolute Gasteiger partial charge is 0.232 e. The van der Waals surface area contributed by atoms with Crippen molar-refractivity contribution in [1.82, 2.24) is 24.6 Å². The maximum Gasteiger partial charge on any atom is 0.232 e. The molecule has 0 atom stereocenters. The third-order valence-electron chi connectivity index (χ3n) is 3.28. The molecule has 2 rings (SSSR count). The molecule has 0 N–H and O–H groups in total. The summed E-state index contributed by atoms with van der Waals surface area (Å²) < 4.78 is 1.97. The van der Waals surface area contributed by atoms with Crippen LogP contribution in [0.4, 0.5) is 0 Å². The SMILES string of the molecule is CCn1c(SCC(=O)N(C)CCC#N)nnc1-c1ccncc1. The Morgan fingerprint density at radius 1 is 1.39 bits per heavy atom. The van der Waals surface area contributed by atoms with E-state index in [-0.39, 0.29) is 11.7 Å². The molecule has 0 aromatic carbocycles. The number of amides is 1. The number of nitriles is 1. The summed E-state index contributed by atoms with van der Waals surface area (Å²) in [6, 6.07) is 5.80. The van der Waals surface area contributed by atoms with Gasteiger partial charge in [0.1, 0.15) is 0 Å². The van der Waals surface area contributed by atoms with E-state index in [0.717, 1.165) is 11.4 Å². The standard InChI is InChI=1S/C15H18N6OS/c1-3-21-14(12-5-8-17-9-6-12)18-19-15(21)23-11-13(22)20(2)10-4-7-16/h5-6,8-9H,3-4,10-11H2,1-2H3. The zero-order valence-corrected chi connectivity index (χ0v) is 14.0. The molecule has 0 aliphatic carbocycles. The topological polar surface area (TPSA) is 87.7 Å². The van der Waals surface area contributed by atoms with Crippen molar-refractivity contribution in [3.63, 3.8) is 0 Å². The third-order valence-corrected chi connectivity index (χ3v) is 4.23. The van der Waals surface area contributed by atoms with E-state index in [9.17, 15) is 4.79 Å². The van der Waals surface area contributed by atoms with Crippen molar-refractivity contribution >= 4 is 17.7 Å². The fourth-order valence-electron chi connectivity index (χ4n) is 1.97. The molecule has 8 heteroatoms. The predicted molar refractivity (Wildman–Crippen MR) is 87.5 cm³/mol. The molecule has 0 unspecified atom stereocenters. The summed E-state index contributed by atoms with van der Waals surface area (Å²) in [5.41, 5.74) is 0.943. The Morgan fingerprint density at radius 3 is 2.78 bits per heavy atom. The van der Waals surface area contributed by atoms with E-state index >= 15 is 0 Å². The summed E-state index contributed by atoms with van der Waals surface area (Å²) >= 11 is 1.36. The first kappa shape index (κ1) is 17.0. The number of hydrogen-bond donors (Lipinski definition) is 0. The van der Waals surface area contributed by atoms with Gasteiger partial charge in [0.2, 0.25) is 5.91 Å². The molecule has 0 saturated carbocycles.